The normalized spacial score (nSPS) is 11.5. The standard InChI is InChI=1S/C13H18N2O2/c1-10(2)14-8-5-9-15-11-6-3-4-7-12(11)17-13(15)16/h3-4,6-7,10,14H,5,8-9H2,1-2H3. The van der Waals surface area contributed by atoms with Crippen LogP contribution in [0.15, 0.2) is 33.5 Å². The number of fused-ring (bicyclic) bond motifs is 1. The highest BCUT2D eigenvalue weighted by atomic mass is 16.4. The summed E-state index contributed by atoms with van der Waals surface area (Å²) in [6.45, 7) is 5.82. The average Bonchev–Trinajstić information content (AvgIpc) is 2.60. The predicted molar refractivity (Wildman–Crippen MR) is 68.2 cm³/mol. The van der Waals surface area contributed by atoms with Gasteiger partial charge in [0.15, 0.2) is 5.58 Å². The summed E-state index contributed by atoms with van der Waals surface area (Å²) < 4.78 is 6.86. The van der Waals surface area contributed by atoms with Crippen molar-refractivity contribution >= 4 is 11.1 Å². The van der Waals surface area contributed by atoms with Gasteiger partial charge >= 0.3 is 5.76 Å². The van der Waals surface area contributed by atoms with Crippen molar-refractivity contribution in [3.8, 4) is 0 Å². The van der Waals surface area contributed by atoms with Gasteiger partial charge in [-0.2, -0.15) is 0 Å². The molecule has 0 saturated carbocycles. The Bertz CT molecular complexity index is 540. The zero-order valence-corrected chi connectivity index (χ0v) is 10.3. The van der Waals surface area contributed by atoms with Crippen molar-refractivity contribution in [3.63, 3.8) is 0 Å². The lowest BCUT2D eigenvalue weighted by Gasteiger charge is -2.07. The van der Waals surface area contributed by atoms with Crippen molar-refractivity contribution in [1.82, 2.24) is 9.88 Å². The molecule has 0 fully saturated rings. The summed E-state index contributed by atoms with van der Waals surface area (Å²) in [5, 5.41) is 3.33. The van der Waals surface area contributed by atoms with Crippen LogP contribution in [0.2, 0.25) is 0 Å². The first-order valence-corrected chi connectivity index (χ1v) is 6.00. The van der Waals surface area contributed by atoms with Crippen LogP contribution < -0.4 is 11.1 Å². The predicted octanol–water partition coefficient (Wildman–Crippen LogP) is 1.98. The summed E-state index contributed by atoms with van der Waals surface area (Å²) in [6, 6.07) is 8.00. The van der Waals surface area contributed by atoms with Crippen LogP contribution in [0.4, 0.5) is 0 Å². The van der Waals surface area contributed by atoms with Gasteiger partial charge in [0.05, 0.1) is 5.52 Å². The van der Waals surface area contributed by atoms with E-state index in [4.69, 9.17) is 4.42 Å². The second-order valence-electron chi connectivity index (χ2n) is 4.45. The van der Waals surface area contributed by atoms with Gasteiger partial charge in [-0.3, -0.25) is 4.57 Å². The third-order valence-corrected chi connectivity index (χ3v) is 2.68. The zero-order valence-electron chi connectivity index (χ0n) is 10.3. The van der Waals surface area contributed by atoms with E-state index in [1.807, 2.05) is 24.3 Å². The molecule has 1 heterocycles. The van der Waals surface area contributed by atoms with Crippen molar-refractivity contribution < 1.29 is 4.42 Å². The van der Waals surface area contributed by atoms with E-state index in [1.54, 1.807) is 4.57 Å². The van der Waals surface area contributed by atoms with Gasteiger partial charge in [0.2, 0.25) is 0 Å². The molecular formula is C13H18N2O2. The Morgan fingerprint density at radius 1 is 1.35 bits per heavy atom. The van der Waals surface area contributed by atoms with E-state index in [0.29, 0.717) is 18.2 Å². The minimum atomic E-state index is -0.268. The second-order valence-corrected chi connectivity index (χ2v) is 4.45. The van der Waals surface area contributed by atoms with Crippen LogP contribution >= 0.6 is 0 Å². The van der Waals surface area contributed by atoms with E-state index in [2.05, 4.69) is 19.2 Å². The van der Waals surface area contributed by atoms with Crippen LogP contribution in [0.1, 0.15) is 20.3 Å². The van der Waals surface area contributed by atoms with Gasteiger partial charge in [0, 0.05) is 12.6 Å². The van der Waals surface area contributed by atoms with E-state index in [0.717, 1.165) is 18.5 Å². The summed E-state index contributed by atoms with van der Waals surface area (Å²) >= 11 is 0. The average molecular weight is 234 g/mol. The van der Waals surface area contributed by atoms with Crippen LogP contribution in [0, 0.1) is 0 Å². The van der Waals surface area contributed by atoms with Gasteiger partial charge in [-0.1, -0.05) is 26.0 Å². The number of aromatic nitrogens is 1. The third kappa shape index (κ3) is 2.77. The fraction of sp³-hybridized carbons (Fsp3) is 0.462. The molecule has 0 bridgehead atoms. The van der Waals surface area contributed by atoms with Gasteiger partial charge < -0.3 is 9.73 Å². The summed E-state index contributed by atoms with van der Waals surface area (Å²) in [5.41, 5.74) is 1.54. The summed E-state index contributed by atoms with van der Waals surface area (Å²) in [5.74, 6) is -0.268. The van der Waals surface area contributed by atoms with Gasteiger partial charge in [0.1, 0.15) is 0 Å². The lowest BCUT2D eigenvalue weighted by atomic mass is 10.3. The Balaban J connectivity index is 2.08. The highest BCUT2D eigenvalue weighted by molar-refractivity contribution is 5.72. The summed E-state index contributed by atoms with van der Waals surface area (Å²) in [6.07, 6.45) is 0.918. The number of oxazole rings is 1. The highest BCUT2D eigenvalue weighted by Gasteiger charge is 2.07. The molecule has 1 aromatic heterocycles. The highest BCUT2D eigenvalue weighted by Crippen LogP contribution is 2.11. The molecule has 92 valence electrons. The molecule has 2 rings (SSSR count). The largest absolute Gasteiger partial charge is 0.419 e. The minimum Gasteiger partial charge on any atom is -0.408 e. The smallest absolute Gasteiger partial charge is 0.408 e. The first kappa shape index (κ1) is 11.9. The Hall–Kier alpha value is -1.55. The van der Waals surface area contributed by atoms with Crippen LogP contribution in [0.3, 0.4) is 0 Å². The fourth-order valence-corrected chi connectivity index (χ4v) is 1.85. The van der Waals surface area contributed by atoms with E-state index in [-0.39, 0.29) is 5.76 Å². The molecule has 0 saturated heterocycles. The molecule has 4 nitrogen and oxygen atoms in total. The zero-order chi connectivity index (χ0) is 12.3. The van der Waals surface area contributed by atoms with Crippen molar-refractivity contribution in [2.75, 3.05) is 6.54 Å². The number of benzene rings is 1. The fourth-order valence-electron chi connectivity index (χ4n) is 1.85. The van der Waals surface area contributed by atoms with E-state index < -0.39 is 0 Å². The molecule has 0 unspecified atom stereocenters. The van der Waals surface area contributed by atoms with Gasteiger partial charge in [0.25, 0.3) is 0 Å². The number of aryl methyl sites for hydroxylation is 1. The van der Waals surface area contributed by atoms with Crippen LogP contribution in [0.25, 0.3) is 11.1 Å². The Morgan fingerprint density at radius 3 is 2.88 bits per heavy atom. The number of rotatable bonds is 5. The van der Waals surface area contributed by atoms with Gasteiger partial charge in [-0.05, 0) is 25.1 Å². The molecule has 0 atom stereocenters. The van der Waals surface area contributed by atoms with Gasteiger partial charge in [-0.15, -0.1) is 0 Å². The maximum absolute atomic E-state index is 11.6. The van der Waals surface area contributed by atoms with E-state index >= 15 is 0 Å². The molecule has 1 N–H and O–H groups in total. The molecule has 0 amide bonds. The molecule has 17 heavy (non-hydrogen) atoms. The van der Waals surface area contributed by atoms with Gasteiger partial charge in [-0.25, -0.2) is 4.79 Å². The molecular weight excluding hydrogens is 216 g/mol. The molecule has 0 aliphatic rings. The Labute approximate surface area is 100 Å². The molecule has 4 heteroatoms. The number of para-hydroxylation sites is 2. The van der Waals surface area contributed by atoms with E-state index in [9.17, 15) is 4.79 Å². The van der Waals surface area contributed by atoms with Crippen molar-refractivity contribution in [1.29, 1.82) is 0 Å². The Morgan fingerprint density at radius 2 is 2.12 bits per heavy atom. The van der Waals surface area contributed by atoms with Crippen molar-refractivity contribution in [2.24, 2.45) is 0 Å². The first-order valence-electron chi connectivity index (χ1n) is 6.00. The van der Waals surface area contributed by atoms with Crippen molar-refractivity contribution in [2.45, 2.75) is 32.9 Å². The number of nitrogens with zero attached hydrogens (tertiary/aromatic N) is 1. The summed E-state index contributed by atoms with van der Waals surface area (Å²) in [7, 11) is 0. The van der Waals surface area contributed by atoms with E-state index in [1.165, 1.54) is 0 Å². The summed E-state index contributed by atoms with van der Waals surface area (Å²) in [4.78, 5) is 11.6. The molecule has 0 radical (unpaired) electrons. The SMILES string of the molecule is CC(C)NCCCn1c(=O)oc2ccccc21. The monoisotopic (exact) mass is 234 g/mol. The molecule has 0 aliphatic carbocycles. The van der Waals surface area contributed by atoms with Crippen LogP contribution in [-0.2, 0) is 6.54 Å². The van der Waals surface area contributed by atoms with Crippen LogP contribution in [-0.4, -0.2) is 17.2 Å². The second kappa shape index (κ2) is 5.19. The first-order chi connectivity index (χ1) is 8.18. The maximum Gasteiger partial charge on any atom is 0.419 e. The van der Waals surface area contributed by atoms with Crippen LogP contribution in [0.5, 0.6) is 0 Å². The molecule has 0 aliphatic heterocycles. The number of hydrogen-bond donors (Lipinski definition) is 1. The maximum atomic E-state index is 11.6. The number of nitrogens with one attached hydrogen (secondary N) is 1. The Kier molecular flexibility index (Phi) is 3.64. The lowest BCUT2D eigenvalue weighted by Crippen LogP contribution is -2.25. The molecule has 1 aromatic carbocycles. The quantitative estimate of drug-likeness (QED) is 0.805. The van der Waals surface area contributed by atoms with Crippen molar-refractivity contribution in [3.05, 3.63) is 34.8 Å². The topological polar surface area (TPSA) is 47.2 Å². The third-order valence-electron chi connectivity index (χ3n) is 2.68. The minimum absolute atomic E-state index is 0.268. The molecule has 2 aromatic rings. The number of hydrogen-bond acceptors (Lipinski definition) is 3. The molecule has 0 spiro atoms. The lowest BCUT2D eigenvalue weighted by molar-refractivity contribution is 0.482.